The van der Waals surface area contributed by atoms with Gasteiger partial charge in [0, 0.05) is 13.1 Å². The molecule has 1 unspecified atom stereocenters. The predicted octanol–water partition coefficient (Wildman–Crippen LogP) is 0.211. The Kier molecular flexibility index (Phi) is 5.77. The predicted molar refractivity (Wildman–Crippen MR) is 72.7 cm³/mol. The molecule has 0 fully saturated rings. The summed E-state index contributed by atoms with van der Waals surface area (Å²) in [6.45, 7) is 1.68. The Balaban J connectivity index is 2.82. The summed E-state index contributed by atoms with van der Waals surface area (Å²) >= 11 is 0. The molecule has 1 aromatic rings. The Bertz CT molecular complexity index is 367. The average Bonchev–Trinajstić information content (AvgIpc) is 2.37. The second-order valence-electron chi connectivity index (χ2n) is 4.61. The first-order valence-corrected chi connectivity index (χ1v) is 5.96. The first-order chi connectivity index (χ1) is 8.56. The maximum atomic E-state index is 11.9. The summed E-state index contributed by atoms with van der Waals surface area (Å²) in [6.07, 6.45) is 0. The number of carbonyl (C=O) groups excluding carboxylic acids is 1. The van der Waals surface area contributed by atoms with Crippen LogP contribution in [-0.4, -0.2) is 49.9 Å². The molecular weight excluding hydrogens is 228 g/mol. The molecule has 100 valence electrons. The molecule has 1 rings (SSSR count). The molecule has 1 atom stereocenters. The minimum Gasteiger partial charge on any atom is -0.308 e. The molecule has 0 heterocycles. The largest absolute Gasteiger partial charge is 0.308 e. The maximum Gasteiger partial charge on any atom is 0.255 e. The van der Waals surface area contributed by atoms with Gasteiger partial charge in [0.05, 0.1) is 0 Å². The van der Waals surface area contributed by atoms with Crippen LogP contribution >= 0.6 is 0 Å². The second-order valence-corrected chi connectivity index (χ2v) is 4.61. The van der Waals surface area contributed by atoms with Crippen molar-refractivity contribution in [3.63, 3.8) is 0 Å². The van der Waals surface area contributed by atoms with Crippen LogP contribution in [0, 0.1) is 0 Å². The molecule has 3 N–H and O–H groups in total. The highest BCUT2D eigenvalue weighted by Crippen LogP contribution is 2.18. The first-order valence-electron chi connectivity index (χ1n) is 5.96. The van der Waals surface area contributed by atoms with Gasteiger partial charge in [-0.05, 0) is 26.7 Å². The first kappa shape index (κ1) is 14.6. The van der Waals surface area contributed by atoms with Gasteiger partial charge in [0.15, 0.2) is 0 Å². The van der Waals surface area contributed by atoms with E-state index >= 15 is 0 Å². The van der Waals surface area contributed by atoms with Gasteiger partial charge in [-0.25, -0.2) is 5.84 Å². The summed E-state index contributed by atoms with van der Waals surface area (Å²) in [4.78, 5) is 16.0. The Morgan fingerprint density at radius 2 is 1.83 bits per heavy atom. The van der Waals surface area contributed by atoms with E-state index in [0.717, 1.165) is 18.7 Å². The number of rotatable bonds is 6. The van der Waals surface area contributed by atoms with E-state index in [-0.39, 0.29) is 11.9 Å². The van der Waals surface area contributed by atoms with Gasteiger partial charge in [0.1, 0.15) is 6.04 Å². The lowest BCUT2D eigenvalue weighted by atomic mass is 10.1. The van der Waals surface area contributed by atoms with Crippen molar-refractivity contribution in [2.75, 3.05) is 34.2 Å². The lowest BCUT2D eigenvalue weighted by Gasteiger charge is -2.27. The van der Waals surface area contributed by atoms with E-state index in [1.54, 1.807) is 0 Å². The molecule has 0 aliphatic rings. The van der Waals surface area contributed by atoms with Crippen molar-refractivity contribution >= 4 is 5.91 Å². The van der Waals surface area contributed by atoms with E-state index in [4.69, 9.17) is 5.84 Å². The number of nitrogens with one attached hydrogen (secondary N) is 1. The van der Waals surface area contributed by atoms with Crippen LogP contribution in [0.25, 0.3) is 0 Å². The fourth-order valence-corrected chi connectivity index (χ4v) is 1.81. The normalized spacial score (nSPS) is 12.8. The molecule has 1 amide bonds. The fourth-order valence-electron chi connectivity index (χ4n) is 1.81. The van der Waals surface area contributed by atoms with Gasteiger partial charge in [-0.1, -0.05) is 30.3 Å². The molecule has 0 aromatic heterocycles. The number of hydrazine groups is 1. The number of hydrogen-bond donors (Lipinski definition) is 2. The van der Waals surface area contributed by atoms with Crippen LogP contribution in [0.3, 0.4) is 0 Å². The van der Waals surface area contributed by atoms with Gasteiger partial charge in [-0.15, -0.1) is 0 Å². The summed E-state index contributed by atoms with van der Waals surface area (Å²) in [5.74, 6) is 5.08. The van der Waals surface area contributed by atoms with E-state index in [1.807, 2.05) is 56.4 Å². The number of amides is 1. The Morgan fingerprint density at radius 3 is 2.33 bits per heavy atom. The van der Waals surface area contributed by atoms with Gasteiger partial charge >= 0.3 is 0 Å². The van der Waals surface area contributed by atoms with Gasteiger partial charge in [0.2, 0.25) is 0 Å². The van der Waals surface area contributed by atoms with E-state index < -0.39 is 0 Å². The Morgan fingerprint density at radius 1 is 1.22 bits per heavy atom. The van der Waals surface area contributed by atoms with Gasteiger partial charge < -0.3 is 4.90 Å². The highest BCUT2D eigenvalue weighted by atomic mass is 16.2. The lowest BCUT2D eigenvalue weighted by molar-refractivity contribution is -0.126. The average molecular weight is 250 g/mol. The third kappa shape index (κ3) is 4.10. The second kappa shape index (κ2) is 7.10. The molecule has 0 spiro atoms. The lowest BCUT2D eigenvalue weighted by Crippen LogP contribution is -2.43. The number of benzene rings is 1. The summed E-state index contributed by atoms with van der Waals surface area (Å²) in [5, 5.41) is 0. The third-order valence-electron chi connectivity index (χ3n) is 2.85. The molecule has 5 heteroatoms. The summed E-state index contributed by atoms with van der Waals surface area (Å²) in [7, 11) is 5.94. The molecule has 5 nitrogen and oxygen atoms in total. The minimum atomic E-state index is -0.351. The van der Waals surface area contributed by atoms with Crippen molar-refractivity contribution in [1.29, 1.82) is 0 Å². The van der Waals surface area contributed by atoms with Gasteiger partial charge in [0.25, 0.3) is 5.91 Å². The number of hydrogen-bond acceptors (Lipinski definition) is 4. The van der Waals surface area contributed by atoms with Gasteiger partial charge in [-0.2, -0.15) is 0 Å². The van der Waals surface area contributed by atoms with E-state index in [0.29, 0.717) is 0 Å². The van der Waals surface area contributed by atoms with Crippen LogP contribution in [-0.2, 0) is 4.79 Å². The molecule has 0 aliphatic carbocycles. The van der Waals surface area contributed by atoms with E-state index in [1.165, 1.54) is 0 Å². The number of likely N-dealkylation sites (N-methyl/N-ethyl adjacent to an activating group) is 2. The number of nitrogens with zero attached hydrogens (tertiary/aromatic N) is 2. The van der Waals surface area contributed by atoms with Crippen molar-refractivity contribution in [1.82, 2.24) is 15.2 Å². The van der Waals surface area contributed by atoms with E-state index in [2.05, 4.69) is 10.3 Å². The fraction of sp³-hybridized carbons (Fsp3) is 0.462. The quantitative estimate of drug-likeness (QED) is 0.430. The monoisotopic (exact) mass is 250 g/mol. The van der Waals surface area contributed by atoms with Crippen molar-refractivity contribution in [2.24, 2.45) is 5.84 Å². The molecule has 18 heavy (non-hydrogen) atoms. The zero-order valence-electron chi connectivity index (χ0n) is 11.3. The standard InChI is InChI=1S/C13H22N4O/c1-16(2)9-10-17(3)12(13(18)15-14)11-7-5-4-6-8-11/h4-8,12H,9-10,14H2,1-3H3,(H,15,18). The zero-order valence-corrected chi connectivity index (χ0v) is 11.3. The van der Waals surface area contributed by atoms with Crippen LogP contribution in [0.15, 0.2) is 30.3 Å². The summed E-state index contributed by atoms with van der Waals surface area (Å²) < 4.78 is 0. The van der Waals surface area contributed by atoms with Crippen LogP contribution in [0.2, 0.25) is 0 Å². The highest BCUT2D eigenvalue weighted by molar-refractivity contribution is 5.82. The van der Waals surface area contributed by atoms with E-state index in [9.17, 15) is 4.79 Å². The van der Waals surface area contributed by atoms with Crippen molar-refractivity contribution < 1.29 is 4.79 Å². The number of carbonyl (C=O) groups is 1. The molecule has 0 bridgehead atoms. The molecule has 0 saturated carbocycles. The van der Waals surface area contributed by atoms with Crippen molar-refractivity contribution in [2.45, 2.75) is 6.04 Å². The van der Waals surface area contributed by atoms with Crippen molar-refractivity contribution in [3.05, 3.63) is 35.9 Å². The smallest absolute Gasteiger partial charge is 0.255 e. The van der Waals surface area contributed by atoms with Crippen LogP contribution < -0.4 is 11.3 Å². The van der Waals surface area contributed by atoms with Crippen LogP contribution in [0.4, 0.5) is 0 Å². The Hall–Kier alpha value is -1.43. The topological polar surface area (TPSA) is 61.6 Å². The number of nitrogens with two attached hydrogens (primary N) is 1. The van der Waals surface area contributed by atoms with Crippen LogP contribution in [0.5, 0.6) is 0 Å². The molecule has 0 saturated heterocycles. The summed E-state index contributed by atoms with van der Waals surface area (Å²) in [6, 6.07) is 9.30. The molecular formula is C13H22N4O. The Labute approximate surface area is 109 Å². The molecule has 0 aliphatic heterocycles. The third-order valence-corrected chi connectivity index (χ3v) is 2.85. The van der Waals surface area contributed by atoms with Crippen molar-refractivity contribution in [3.8, 4) is 0 Å². The molecule has 1 aromatic carbocycles. The summed E-state index contributed by atoms with van der Waals surface area (Å²) in [5.41, 5.74) is 3.18. The minimum absolute atomic E-state index is 0.192. The zero-order chi connectivity index (χ0) is 13.5. The van der Waals surface area contributed by atoms with Crippen LogP contribution in [0.1, 0.15) is 11.6 Å². The maximum absolute atomic E-state index is 11.9. The highest BCUT2D eigenvalue weighted by Gasteiger charge is 2.23. The van der Waals surface area contributed by atoms with Gasteiger partial charge in [-0.3, -0.25) is 15.1 Å². The molecule has 0 radical (unpaired) electrons. The SMILES string of the molecule is CN(C)CCN(C)C(C(=O)NN)c1ccccc1.